The van der Waals surface area contributed by atoms with Crippen LogP contribution < -0.4 is 0 Å². The van der Waals surface area contributed by atoms with Crippen LogP contribution in [0, 0.1) is 0 Å². The van der Waals surface area contributed by atoms with Gasteiger partial charge in [0.1, 0.15) is 0 Å². The van der Waals surface area contributed by atoms with Crippen LogP contribution in [-0.4, -0.2) is 16.6 Å². The molecule has 0 rings (SSSR count). The molecule has 0 fully saturated rings. The summed E-state index contributed by atoms with van der Waals surface area (Å²) in [5, 5.41) is 0. The van der Waals surface area contributed by atoms with Crippen LogP contribution in [0.15, 0.2) is 12.8 Å². The fourth-order valence-electron chi connectivity index (χ4n) is 0.239. The van der Waals surface area contributed by atoms with Crippen molar-refractivity contribution < 1.29 is 14.3 Å². The molecular weight excluding hydrogens is 214 g/mol. The molecule has 6 heteroatoms. The van der Waals surface area contributed by atoms with Gasteiger partial charge in [-0.25, -0.2) is 4.79 Å². The fourth-order valence-corrected chi connectivity index (χ4v) is 0.415. The maximum absolute atomic E-state index is 10.4. The van der Waals surface area contributed by atoms with Crippen molar-refractivity contribution in [3.63, 3.8) is 0 Å². The van der Waals surface area contributed by atoms with E-state index in [2.05, 4.69) is 16.1 Å². The highest BCUT2D eigenvalue weighted by molar-refractivity contribution is 6.48. The summed E-state index contributed by atoms with van der Waals surface area (Å²) in [4.78, 5) is 9.45. The fraction of sp³-hybridized carbons (Fsp3) is 0.400. The zero-order valence-corrected chi connectivity index (χ0v) is 7.57. The number of carbonyl (C=O) groups is 1. The Balaban J connectivity index is 3.65. The van der Waals surface area contributed by atoms with Gasteiger partial charge in [0.05, 0.1) is 6.26 Å². The van der Waals surface area contributed by atoms with E-state index < -0.39 is 16.6 Å². The van der Waals surface area contributed by atoms with E-state index in [0.29, 0.717) is 0 Å². The van der Waals surface area contributed by atoms with Crippen molar-refractivity contribution in [3.8, 4) is 0 Å². The molecule has 0 amide bonds. The minimum absolute atomic E-state index is 0.906. The van der Waals surface area contributed by atoms with Crippen LogP contribution in [0.25, 0.3) is 0 Å². The second-order valence-corrected chi connectivity index (χ2v) is 2.93. The van der Waals surface area contributed by atoms with Gasteiger partial charge in [-0.2, -0.15) is 0 Å². The first-order chi connectivity index (χ1) is 5.07. The van der Waals surface area contributed by atoms with Crippen molar-refractivity contribution in [2.45, 2.75) is 10.4 Å². The Bertz CT molecular complexity index is 148. The van der Waals surface area contributed by atoms with Gasteiger partial charge in [0.15, 0.2) is 4.84 Å². The molecular formula is C5H5Cl3O3. The Morgan fingerprint density at radius 3 is 2.36 bits per heavy atom. The number of rotatable bonds is 3. The van der Waals surface area contributed by atoms with Crippen LogP contribution in [0.5, 0.6) is 0 Å². The van der Waals surface area contributed by atoms with Crippen molar-refractivity contribution in [1.82, 2.24) is 0 Å². The molecule has 0 heterocycles. The van der Waals surface area contributed by atoms with Gasteiger partial charge in [-0.15, -0.1) is 0 Å². The van der Waals surface area contributed by atoms with Crippen LogP contribution in [0.4, 0.5) is 4.79 Å². The van der Waals surface area contributed by atoms with Crippen LogP contribution in [0.1, 0.15) is 0 Å². The number of hydrogen-bond acceptors (Lipinski definition) is 3. The smallest absolute Gasteiger partial charge is 0.411 e. The maximum Gasteiger partial charge on any atom is 0.514 e. The van der Waals surface area contributed by atoms with Gasteiger partial charge in [0.25, 0.3) is 0 Å². The highest BCUT2D eigenvalue weighted by Gasteiger charge is 2.18. The Kier molecular flexibility index (Phi) is 5.46. The van der Waals surface area contributed by atoms with Gasteiger partial charge < -0.3 is 9.47 Å². The summed E-state index contributed by atoms with van der Waals surface area (Å²) in [6.07, 6.45) is -0.0880. The lowest BCUT2D eigenvalue weighted by molar-refractivity contribution is 0.0771. The van der Waals surface area contributed by atoms with E-state index in [1.54, 1.807) is 0 Å². The first kappa shape index (κ1) is 10.9. The summed E-state index contributed by atoms with van der Waals surface area (Å²) in [7, 11) is 0. The normalized spacial score (nSPS) is 12.4. The van der Waals surface area contributed by atoms with Gasteiger partial charge >= 0.3 is 6.16 Å². The molecule has 0 saturated carbocycles. The van der Waals surface area contributed by atoms with Crippen LogP contribution in [0.3, 0.4) is 0 Å². The average Bonchev–Trinajstić information content (AvgIpc) is 1.87. The predicted octanol–water partition coefficient (Wildman–Crippen LogP) is 2.65. The van der Waals surface area contributed by atoms with E-state index in [1.807, 2.05) is 0 Å². The lowest BCUT2D eigenvalue weighted by atomic mass is 10.8. The van der Waals surface area contributed by atoms with Crippen LogP contribution >= 0.6 is 34.8 Å². The minimum Gasteiger partial charge on any atom is -0.411 e. The molecule has 0 aromatic heterocycles. The summed E-state index contributed by atoms with van der Waals surface area (Å²) in [6, 6.07) is 0. The Morgan fingerprint density at radius 1 is 1.45 bits per heavy atom. The van der Waals surface area contributed by atoms with Crippen molar-refractivity contribution in [2.75, 3.05) is 0 Å². The molecule has 0 spiro atoms. The van der Waals surface area contributed by atoms with E-state index >= 15 is 0 Å². The number of halogens is 3. The molecule has 0 aliphatic carbocycles. The predicted molar refractivity (Wildman–Crippen MR) is 42.9 cm³/mol. The lowest BCUT2D eigenvalue weighted by Gasteiger charge is -2.09. The van der Waals surface area contributed by atoms with E-state index in [1.165, 1.54) is 0 Å². The second kappa shape index (κ2) is 5.52. The Hall–Kier alpha value is -0.120. The molecule has 0 N–H and O–H groups in total. The van der Waals surface area contributed by atoms with Gasteiger partial charge in [-0.1, -0.05) is 41.4 Å². The third-order valence-corrected chi connectivity index (χ3v) is 1.64. The van der Waals surface area contributed by atoms with Gasteiger partial charge in [-0.3, -0.25) is 0 Å². The number of carbonyl (C=O) groups excluding carboxylic acids is 1. The third kappa shape index (κ3) is 5.18. The van der Waals surface area contributed by atoms with E-state index in [0.717, 1.165) is 6.26 Å². The topological polar surface area (TPSA) is 35.5 Å². The average molecular weight is 219 g/mol. The van der Waals surface area contributed by atoms with Crippen molar-refractivity contribution in [3.05, 3.63) is 12.8 Å². The zero-order chi connectivity index (χ0) is 8.85. The van der Waals surface area contributed by atoms with Gasteiger partial charge in [-0.05, 0) is 0 Å². The second-order valence-electron chi connectivity index (χ2n) is 1.34. The molecule has 11 heavy (non-hydrogen) atoms. The summed E-state index contributed by atoms with van der Waals surface area (Å²) in [5.41, 5.74) is -1.12. The van der Waals surface area contributed by atoms with Gasteiger partial charge in [0, 0.05) is 0 Å². The lowest BCUT2D eigenvalue weighted by Crippen LogP contribution is -2.17. The monoisotopic (exact) mass is 218 g/mol. The first-order valence-electron chi connectivity index (χ1n) is 2.48. The molecule has 64 valence electrons. The Labute approximate surface area is 78.8 Å². The highest BCUT2D eigenvalue weighted by atomic mass is 35.5. The minimum atomic E-state index is -1.12. The van der Waals surface area contributed by atoms with Crippen molar-refractivity contribution in [1.29, 1.82) is 0 Å². The van der Waals surface area contributed by atoms with Gasteiger partial charge in [0.2, 0.25) is 5.56 Å². The van der Waals surface area contributed by atoms with E-state index in [9.17, 15) is 4.79 Å². The molecule has 0 aliphatic heterocycles. The molecule has 0 radical (unpaired) electrons. The first-order valence-corrected chi connectivity index (χ1v) is 3.79. The number of ether oxygens (including phenoxy) is 2. The standard InChI is InChI=1S/C5H5Cl3O3/c1-2-10-5(9)11-4(8)3(6)7/h2-4H,1H2. The molecule has 0 bridgehead atoms. The van der Waals surface area contributed by atoms with E-state index in [4.69, 9.17) is 34.8 Å². The molecule has 3 nitrogen and oxygen atoms in total. The molecule has 1 atom stereocenters. The molecule has 0 aromatic carbocycles. The van der Waals surface area contributed by atoms with Crippen LogP contribution in [-0.2, 0) is 9.47 Å². The zero-order valence-electron chi connectivity index (χ0n) is 5.30. The number of alkyl halides is 3. The molecule has 0 saturated heterocycles. The molecule has 0 aliphatic rings. The highest BCUT2D eigenvalue weighted by Crippen LogP contribution is 2.15. The molecule has 1 unspecified atom stereocenters. The maximum atomic E-state index is 10.4. The van der Waals surface area contributed by atoms with Crippen molar-refractivity contribution in [2.24, 2.45) is 0 Å². The summed E-state index contributed by atoms with van der Waals surface area (Å²) in [6.45, 7) is 3.12. The van der Waals surface area contributed by atoms with Crippen LogP contribution in [0.2, 0.25) is 0 Å². The van der Waals surface area contributed by atoms with Crippen molar-refractivity contribution >= 4 is 41.0 Å². The Morgan fingerprint density at radius 2 is 2.00 bits per heavy atom. The summed E-state index contributed by atoms with van der Waals surface area (Å²) >= 11 is 15.8. The number of hydrogen-bond donors (Lipinski definition) is 0. The summed E-state index contributed by atoms with van der Waals surface area (Å²) < 4.78 is 8.48. The molecule has 0 aromatic rings. The summed E-state index contributed by atoms with van der Waals surface area (Å²) in [5.74, 6) is 0. The third-order valence-electron chi connectivity index (χ3n) is 0.586. The largest absolute Gasteiger partial charge is 0.514 e. The van der Waals surface area contributed by atoms with E-state index in [-0.39, 0.29) is 0 Å². The SMILES string of the molecule is C=COC(=O)OC(Cl)C(Cl)Cl. The quantitative estimate of drug-likeness (QED) is 0.416.